The number of likely N-dealkylation sites (tertiary alicyclic amines) is 1. The lowest BCUT2D eigenvalue weighted by atomic mass is 10.1. The fourth-order valence-electron chi connectivity index (χ4n) is 2.19. The van der Waals surface area contributed by atoms with E-state index in [0.29, 0.717) is 17.3 Å². The number of aromatic nitrogens is 2. The van der Waals surface area contributed by atoms with Crippen LogP contribution in [-0.2, 0) is 4.74 Å². The lowest BCUT2D eigenvalue weighted by molar-refractivity contribution is 0.0601. The molecular formula is C12H18N4O2. The monoisotopic (exact) mass is 250 g/mol. The highest BCUT2D eigenvalue weighted by Gasteiger charge is 2.25. The molecule has 1 saturated heterocycles. The molecule has 1 unspecified atom stereocenters. The summed E-state index contributed by atoms with van der Waals surface area (Å²) in [5.74, 6) is 1.24. The number of nitrogens with zero attached hydrogens (tertiary/aromatic N) is 3. The third-order valence-electron chi connectivity index (χ3n) is 3.21. The van der Waals surface area contributed by atoms with Crippen molar-refractivity contribution in [1.82, 2.24) is 14.9 Å². The van der Waals surface area contributed by atoms with E-state index in [2.05, 4.69) is 27.2 Å². The zero-order chi connectivity index (χ0) is 13.1. The van der Waals surface area contributed by atoms with Crippen LogP contribution in [-0.4, -0.2) is 55.1 Å². The van der Waals surface area contributed by atoms with E-state index in [0.717, 1.165) is 25.3 Å². The Bertz CT molecular complexity index is 450. The molecule has 1 fully saturated rings. The maximum absolute atomic E-state index is 11.5. The summed E-state index contributed by atoms with van der Waals surface area (Å²) in [5.41, 5.74) is 0.370. The first-order chi connectivity index (χ1) is 8.65. The van der Waals surface area contributed by atoms with Crippen molar-refractivity contribution in [2.45, 2.75) is 12.3 Å². The van der Waals surface area contributed by atoms with Gasteiger partial charge < -0.3 is 15.0 Å². The number of carbonyl (C=O) groups is 1. The predicted octanol–water partition coefficient (Wildman–Crippen LogP) is 0.724. The van der Waals surface area contributed by atoms with Gasteiger partial charge in [0.25, 0.3) is 0 Å². The van der Waals surface area contributed by atoms with Gasteiger partial charge in [-0.05, 0) is 20.0 Å². The average Bonchev–Trinajstić information content (AvgIpc) is 2.83. The molecule has 1 aromatic heterocycles. The molecule has 1 aromatic rings. The molecule has 1 atom stereocenters. The van der Waals surface area contributed by atoms with Crippen LogP contribution >= 0.6 is 0 Å². The van der Waals surface area contributed by atoms with Gasteiger partial charge in [-0.3, -0.25) is 0 Å². The number of hydrogen-bond acceptors (Lipinski definition) is 6. The van der Waals surface area contributed by atoms with Crippen LogP contribution in [0, 0.1) is 0 Å². The SMILES string of the molecule is CNc1nc(C2CCN(C)C2)ncc1C(=O)OC. The predicted molar refractivity (Wildman–Crippen MR) is 67.8 cm³/mol. The molecule has 0 spiro atoms. The number of esters is 1. The van der Waals surface area contributed by atoms with Gasteiger partial charge in [-0.2, -0.15) is 0 Å². The molecule has 1 N–H and O–H groups in total. The summed E-state index contributed by atoms with van der Waals surface area (Å²) in [5, 5.41) is 2.92. The second kappa shape index (κ2) is 5.30. The zero-order valence-electron chi connectivity index (χ0n) is 10.9. The van der Waals surface area contributed by atoms with E-state index < -0.39 is 5.97 Å². The van der Waals surface area contributed by atoms with Gasteiger partial charge in [0.05, 0.1) is 7.11 Å². The van der Waals surface area contributed by atoms with Gasteiger partial charge >= 0.3 is 5.97 Å². The number of nitrogens with one attached hydrogen (secondary N) is 1. The molecule has 2 heterocycles. The second-order valence-corrected chi connectivity index (χ2v) is 4.48. The van der Waals surface area contributed by atoms with Crippen molar-refractivity contribution in [3.05, 3.63) is 17.6 Å². The average molecular weight is 250 g/mol. The first-order valence-corrected chi connectivity index (χ1v) is 5.97. The Morgan fingerprint density at radius 1 is 1.61 bits per heavy atom. The van der Waals surface area contributed by atoms with Crippen molar-refractivity contribution in [3.8, 4) is 0 Å². The number of rotatable bonds is 3. The topological polar surface area (TPSA) is 67.4 Å². The van der Waals surface area contributed by atoms with Crippen LogP contribution in [0.15, 0.2) is 6.20 Å². The molecular weight excluding hydrogens is 232 g/mol. The van der Waals surface area contributed by atoms with E-state index in [-0.39, 0.29) is 0 Å². The molecule has 0 radical (unpaired) electrons. The Kier molecular flexibility index (Phi) is 3.76. The summed E-state index contributed by atoms with van der Waals surface area (Å²) in [7, 11) is 5.17. The first-order valence-electron chi connectivity index (χ1n) is 5.97. The summed E-state index contributed by atoms with van der Waals surface area (Å²) in [6.07, 6.45) is 2.59. The lowest BCUT2D eigenvalue weighted by Gasteiger charge is -2.12. The van der Waals surface area contributed by atoms with Crippen LogP contribution in [0.4, 0.5) is 5.82 Å². The number of carbonyl (C=O) groups excluding carboxylic acids is 1. The normalized spacial score (nSPS) is 19.8. The first kappa shape index (κ1) is 12.8. The molecule has 0 amide bonds. The lowest BCUT2D eigenvalue weighted by Crippen LogP contribution is -2.16. The maximum atomic E-state index is 11.5. The fourth-order valence-corrected chi connectivity index (χ4v) is 2.19. The highest BCUT2D eigenvalue weighted by atomic mass is 16.5. The number of anilines is 1. The third-order valence-corrected chi connectivity index (χ3v) is 3.21. The number of likely N-dealkylation sites (N-methyl/N-ethyl adjacent to an activating group) is 1. The molecule has 0 aromatic carbocycles. The van der Waals surface area contributed by atoms with Crippen molar-refractivity contribution >= 4 is 11.8 Å². The summed E-state index contributed by atoms with van der Waals surface area (Å²) in [4.78, 5) is 22.5. The van der Waals surface area contributed by atoms with Crippen LogP contribution in [0.3, 0.4) is 0 Å². The minimum absolute atomic E-state index is 0.341. The van der Waals surface area contributed by atoms with Crippen LogP contribution in [0.2, 0.25) is 0 Å². The van der Waals surface area contributed by atoms with Gasteiger partial charge in [0.2, 0.25) is 0 Å². The molecule has 0 bridgehead atoms. The third kappa shape index (κ3) is 2.43. The van der Waals surface area contributed by atoms with Gasteiger partial charge in [0, 0.05) is 25.7 Å². The summed E-state index contributed by atoms with van der Waals surface area (Å²) in [6.45, 7) is 2.02. The van der Waals surface area contributed by atoms with E-state index >= 15 is 0 Å². The highest BCUT2D eigenvalue weighted by Crippen LogP contribution is 2.25. The zero-order valence-corrected chi connectivity index (χ0v) is 10.9. The summed E-state index contributed by atoms with van der Waals surface area (Å²) >= 11 is 0. The highest BCUT2D eigenvalue weighted by molar-refractivity contribution is 5.94. The van der Waals surface area contributed by atoms with E-state index in [1.54, 1.807) is 13.2 Å². The van der Waals surface area contributed by atoms with Crippen molar-refractivity contribution in [1.29, 1.82) is 0 Å². The molecule has 1 aliphatic rings. The van der Waals surface area contributed by atoms with E-state index in [4.69, 9.17) is 4.74 Å². The van der Waals surface area contributed by atoms with Crippen LogP contribution in [0.5, 0.6) is 0 Å². The molecule has 6 nitrogen and oxygen atoms in total. The van der Waals surface area contributed by atoms with Crippen LogP contribution < -0.4 is 5.32 Å². The second-order valence-electron chi connectivity index (χ2n) is 4.48. The minimum Gasteiger partial charge on any atom is -0.465 e. The molecule has 98 valence electrons. The largest absolute Gasteiger partial charge is 0.465 e. The van der Waals surface area contributed by atoms with Crippen molar-refractivity contribution in [2.24, 2.45) is 0 Å². The number of methoxy groups -OCH3 is 1. The maximum Gasteiger partial charge on any atom is 0.343 e. The Morgan fingerprint density at radius 3 is 2.94 bits per heavy atom. The molecule has 0 saturated carbocycles. The van der Waals surface area contributed by atoms with Gasteiger partial charge in [0.1, 0.15) is 17.2 Å². The van der Waals surface area contributed by atoms with Gasteiger partial charge in [-0.25, -0.2) is 14.8 Å². The molecule has 0 aliphatic carbocycles. The van der Waals surface area contributed by atoms with E-state index in [1.807, 2.05) is 0 Å². The van der Waals surface area contributed by atoms with Crippen molar-refractivity contribution in [3.63, 3.8) is 0 Å². The van der Waals surface area contributed by atoms with Gasteiger partial charge in [-0.1, -0.05) is 0 Å². The van der Waals surface area contributed by atoms with E-state index in [9.17, 15) is 4.79 Å². The number of ether oxygens (including phenoxy) is 1. The minimum atomic E-state index is -0.422. The Hall–Kier alpha value is -1.69. The van der Waals surface area contributed by atoms with Crippen molar-refractivity contribution < 1.29 is 9.53 Å². The number of hydrogen-bond donors (Lipinski definition) is 1. The summed E-state index contributed by atoms with van der Waals surface area (Å²) in [6, 6.07) is 0. The smallest absolute Gasteiger partial charge is 0.343 e. The standard InChI is InChI=1S/C12H18N4O2/c1-13-11-9(12(17)18-3)6-14-10(15-11)8-4-5-16(2)7-8/h6,8H,4-5,7H2,1-3H3,(H,13,14,15). The molecule has 1 aliphatic heterocycles. The van der Waals surface area contributed by atoms with Crippen LogP contribution in [0.25, 0.3) is 0 Å². The molecule has 2 rings (SSSR count). The molecule has 6 heteroatoms. The van der Waals surface area contributed by atoms with Crippen LogP contribution in [0.1, 0.15) is 28.5 Å². The van der Waals surface area contributed by atoms with Crippen molar-refractivity contribution in [2.75, 3.05) is 39.6 Å². The Balaban J connectivity index is 2.27. The van der Waals surface area contributed by atoms with E-state index in [1.165, 1.54) is 7.11 Å². The van der Waals surface area contributed by atoms with Gasteiger partial charge in [-0.15, -0.1) is 0 Å². The Morgan fingerprint density at radius 2 is 2.39 bits per heavy atom. The molecule has 18 heavy (non-hydrogen) atoms. The Labute approximate surface area is 106 Å². The quantitative estimate of drug-likeness (QED) is 0.797. The summed E-state index contributed by atoms with van der Waals surface area (Å²) < 4.78 is 4.69. The van der Waals surface area contributed by atoms with Gasteiger partial charge in [0.15, 0.2) is 0 Å². The fraction of sp³-hybridized carbons (Fsp3) is 0.583.